The number of amides is 1. The molecule has 0 radical (unpaired) electrons. The lowest BCUT2D eigenvalue weighted by Crippen LogP contribution is -2.42. The van der Waals surface area contributed by atoms with Crippen molar-refractivity contribution in [1.82, 2.24) is 4.90 Å². The standard InChI is InChI=1S/C14H19FN2O.ClH/c1-10-4-5-12(13(15)7-10)14(18)17-6-2-3-11(8-16)9-17;/h4-5,7,11H,2-3,6,8-9,16H2,1H3;1H. The Kier molecular flexibility index (Phi) is 5.76. The van der Waals surface area contributed by atoms with Gasteiger partial charge in [-0.05, 0) is 49.9 Å². The summed E-state index contributed by atoms with van der Waals surface area (Å²) in [5, 5.41) is 0. The number of hydrogen-bond donors (Lipinski definition) is 1. The molecule has 1 aliphatic heterocycles. The molecule has 0 bridgehead atoms. The van der Waals surface area contributed by atoms with Gasteiger partial charge in [-0.15, -0.1) is 12.4 Å². The fourth-order valence-electron chi connectivity index (χ4n) is 2.41. The molecule has 1 unspecified atom stereocenters. The predicted octanol–water partition coefficient (Wildman–Crippen LogP) is 2.37. The van der Waals surface area contributed by atoms with Gasteiger partial charge in [0.25, 0.3) is 5.91 Å². The van der Waals surface area contributed by atoms with Gasteiger partial charge < -0.3 is 10.6 Å². The van der Waals surface area contributed by atoms with Crippen LogP contribution in [0.5, 0.6) is 0 Å². The minimum absolute atomic E-state index is 0. The highest BCUT2D eigenvalue weighted by atomic mass is 35.5. The van der Waals surface area contributed by atoms with Crippen molar-refractivity contribution in [2.24, 2.45) is 11.7 Å². The lowest BCUT2D eigenvalue weighted by molar-refractivity contribution is 0.0673. The van der Waals surface area contributed by atoms with Gasteiger partial charge in [0.1, 0.15) is 5.82 Å². The van der Waals surface area contributed by atoms with Crippen LogP contribution in [0.4, 0.5) is 4.39 Å². The average Bonchev–Trinajstić information content (AvgIpc) is 2.38. The maximum Gasteiger partial charge on any atom is 0.256 e. The molecule has 2 N–H and O–H groups in total. The molecule has 19 heavy (non-hydrogen) atoms. The van der Waals surface area contributed by atoms with Gasteiger partial charge in [-0.3, -0.25) is 4.79 Å². The van der Waals surface area contributed by atoms with Crippen molar-refractivity contribution >= 4 is 18.3 Å². The second-order valence-corrected chi connectivity index (χ2v) is 4.98. The molecule has 1 aromatic carbocycles. The highest BCUT2D eigenvalue weighted by molar-refractivity contribution is 5.94. The van der Waals surface area contributed by atoms with Crippen molar-refractivity contribution in [3.8, 4) is 0 Å². The van der Waals surface area contributed by atoms with E-state index in [0.717, 1.165) is 18.4 Å². The zero-order chi connectivity index (χ0) is 13.1. The fraction of sp³-hybridized carbons (Fsp3) is 0.500. The number of likely N-dealkylation sites (tertiary alicyclic amines) is 1. The molecule has 0 aliphatic carbocycles. The van der Waals surface area contributed by atoms with Gasteiger partial charge in [-0.1, -0.05) is 6.07 Å². The average molecular weight is 287 g/mol. The number of aryl methyl sites for hydroxylation is 1. The van der Waals surface area contributed by atoms with Gasteiger partial charge in [0.2, 0.25) is 0 Å². The molecule has 0 aromatic heterocycles. The molecule has 1 amide bonds. The van der Waals surface area contributed by atoms with Crippen molar-refractivity contribution in [2.75, 3.05) is 19.6 Å². The number of carbonyl (C=O) groups is 1. The molecule has 1 aliphatic rings. The van der Waals surface area contributed by atoms with Crippen LogP contribution in [-0.4, -0.2) is 30.4 Å². The maximum absolute atomic E-state index is 13.8. The summed E-state index contributed by atoms with van der Waals surface area (Å²) in [5.41, 5.74) is 6.63. The van der Waals surface area contributed by atoms with Crippen molar-refractivity contribution < 1.29 is 9.18 Å². The first-order valence-corrected chi connectivity index (χ1v) is 6.37. The molecular formula is C14H20ClFN2O. The number of carbonyl (C=O) groups excluding carboxylic acids is 1. The summed E-state index contributed by atoms with van der Waals surface area (Å²) in [5.74, 6) is -0.309. The summed E-state index contributed by atoms with van der Waals surface area (Å²) in [6.45, 7) is 3.73. The topological polar surface area (TPSA) is 46.3 Å². The Labute approximate surface area is 119 Å². The third kappa shape index (κ3) is 3.67. The molecule has 0 saturated carbocycles. The first-order chi connectivity index (χ1) is 8.61. The predicted molar refractivity (Wildman–Crippen MR) is 76.1 cm³/mol. The number of benzene rings is 1. The molecule has 2 rings (SSSR count). The van der Waals surface area contributed by atoms with Gasteiger partial charge in [-0.25, -0.2) is 4.39 Å². The van der Waals surface area contributed by atoms with Crippen LogP contribution < -0.4 is 5.73 Å². The largest absolute Gasteiger partial charge is 0.338 e. The van der Waals surface area contributed by atoms with Crippen molar-refractivity contribution in [3.05, 3.63) is 35.1 Å². The molecule has 1 heterocycles. The van der Waals surface area contributed by atoms with E-state index in [1.807, 2.05) is 6.92 Å². The molecular weight excluding hydrogens is 267 g/mol. The van der Waals surface area contributed by atoms with Crippen molar-refractivity contribution in [1.29, 1.82) is 0 Å². The van der Waals surface area contributed by atoms with E-state index < -0.39 is 5.82 Å². The first-order valence-electron chi connectivity index (χ1n) is 6.37. The quantitative estimate of drug-likeness (QED) is 0.907. The first kappa shape index (κ1) is 15.9. The van der Waals surface area contributed by atoms with Crippen LogP contribution in [0.25, 0.3) is 0 Å². The summed E-state index contributed by atoms with van der Waals surface area (Å²) in [7, 11) is 0. The van der Waals surface area contributed by atoms with Crippen molar-refractivity contribution in [2.45, 2.75) is 19.8 Å². The summed E-state index contributed by atoms with van der Waals surface area (Å²) in [6.07, 6.45) is 2.00. The summed E-state index contributed by atoms with van der Waals surface area (Å²) in [4.78, 5) is 14.0. The van der Waals surface area contributed by atoms with Crippen LogP contribution in [0.1, 0.15) is 28.8 Å². The normalized spacial score (nSPS) is 18.9. The van der Waals surface area contributed by atoms with E-state index in [2.05, 4.69) is 0 Å². The number of nitrogens with two attached hydrogens (primary N) is 1. The number of halogens is 2. The Morgan fingerprint density at radius 1 is 1.53 bits per heavy atom. The second-order valence-electron chi connectivity index (χ2n) is 4.98. The van der Waals surface area contributed by atoms with Gasteiger partial charge in [0.05, 0.1) is 5.56 Å². The van der Waals surface area contributed by atoms with Crippen LogP contribution in [0.2, 0.25) is 0 Å². The molecule has 5 heteroatoms. The van der Waals surface area contributed by atoms with Gasteiger partial charge >= 0.3 is 0 Å². The highest BCUT2D eigenvalue weighted by Gasteiger charge is 2.25. The Balaban J connectivity index is 0.00000180. The fourth-order valence-corrected chi connectivity index (χ4v) is 2.41. The monoisotopic (exact) mass is 286 g/mol. The molecule has 3 nitrogen and oxygen atoms in total. The van der Waals surface area contributed by atoms with Crippen LogP contribution in [0.3, 0.4) is 0 Å². The summed E-state index contributed by atoms with van der Waals surface area (Å²) >= 11 is 0. The van der Waals surface area contributed by atoms with Gasteiger partial charge in [0, 0.05) is 13.1 Å². The zero-order valence-corrected chi connectivity index (χ0v) is 11.9. The molecule has 1 saturated heterocycles. The summed E-state index contributed by atoms with van der Waals surface area (Å²) < 4.78 is 13.8. The van der Waals surface area contributed by atoms with Crippen LogP contribution >= 0.6 is 12.4 Å². The van der Waals surface area contributed by atoms with Crippen LogP contribution in [-0.2, 0) is 0 Å². The SMILES string of the molecule is Cc1ccc(C(=O)N2CCCC(CN)C2)c(F)c1.Cl. The van der Waals surface area contributed by atoms with E-state index in [0.29, 0.717) is 25.6 Å². The molecule has 1 atom stereocenters. The van der Waals surface area contributed by atoms with Crippen LogP contribution in [0.15, 0.2) is 18.2 Å². The second kappa shape index (κ2) is 6.87. The Morgan fingerprint density at radius 2 is 2.26 bits per heavy atom. The minimum atomic E-state index is -0.435. The maximum atomic E-state index is 13.8. The number of rotatable bonds is 2. The Morgan fingerprint density at radius 3 is 2.89 bits per heavy atom. The minimum Gasteiger partial charge on any atom is -0.338 e. The summed E-state index contributed by atoms with van der Waals surface area (Å²) in [6, 6.07) is 4.73. The lowest BCUT2D eigenvalue weighted by atomic mass is 9.97. The van der Waals surface area contributed by atoms with Crippen LogP contribution in [0, 0.1) is 18.7 Å². The lowest BCUT2D eigenvalue weighted by Gasteiger charge is -2.32. The van der Waals surface area contributed by atoms with E-state index in [4.69, 9.17) is 5.73 Å². The number of piperidine rings is 1. The molecule has 0 spiro atoms. The Bertz CT molecular complexity index is 453. The van der Waals surface area contributed by atoms with E-state index in [9.17, 15) is 9.18 Å². The highest BCUT2D eigenvalue weighted by Crippen LogP contribution is 2.19. The number of nitrogens with zero attached hydrogens (tertiary/aromatic N) is 1. The van der Waals surface area contributed by atoms with Crippen molar-refractivity contribution in [3.63, 3.8) is 0 Å². The molecule has 106 valence electrons. The van der Waals surface area contributed by atoms with E-state index in [1.54, 1.807) is 17.0 Å². The zero-order valence-electron chi connectivity index (χ0n) is 11.1. The number of hydrogen-bond acceptors (Lipinski definition) is 2. The van der Waals surface area contributed by atoms with Gasteiger partial charge in [-0.2, -0.15) is 0 Å². The van der Waals surface area contributed by atoms with E-state index in [-0.39, 0.29) is 23.9 Å². The van der Waals surface area contributed by atoms with E-state index in [1.165, 1.54) is 6.07 Å². The smallest absolute Gasteiger partial charge is 0.256 e. The van der Waals surface area contributed by atoms with E-state index >= 15 is 0 Å². The third-order valence-electron chi connectivity index (χ3n) is 3.49. The molecule has 1 aromatic rings. The Hall–Kier alpha value is -1.13. The van der Waals surface area contributed by atoms with Gasteiger partial charge in [0.15, 0.2) is 0 Å². The molecule has 1 fully saturated rings. The third-order valence-corrected chi connectivity index (χ3v) is 3.49.